The summed E-state index contributed by atoms with van der Waals surface area (Å²) in [4.78, 5) is 63.8. The highest BCUT2D eigenvalue weighted by molar-refractivity contribution is 6.05. The number of amides is 5. The van der Waals surface area contributed by atoms with Crippen LogP contribution in [0.15, 0.2) is 42.5 Å². The summed E-state index contributed by atoms with van der Waals surface area (Å²) in [6.45, 7) is 0.383. The van der Waals surface area contributed by atoms with Gasteiger partial charge in [-0.1, -0.05) is 30.3 Å². The first-order valence-corrected chi connectivity index (χ1v) is 11.6. The summed E-state index contributed by atoms with van der Waals surface area (Å²) in [6, 6.07) is 11.0. The van der Waals surface area contributed by atoms with Crippen LogP contribution in [0.5, 0.6) is 0 Å². The zero-order valence-electron chi connectivity index (χ0n) is 19.2. The SMILES string of the molecule is O=C1CCC(N2Cc3ccc(CNC(=O)OC4CN(C(=O)c5ccccc5)C4)c(F)c3C2=O)C(=O)N1. The van der Waals surface area contributed by atoms with E-state index in [-0.39, 0.29) is 56.1 Å². The molecule has 0 saturated carbocycles. The van der Waals surface area contributed by atoms with Crippen molar-refractivity contribution in [2.24, 2.45) is 0 Å². The summed E-state index contributed by atoms with van der Waals surface area (Å²) >= 11 is 0. The molecule has 2 aromatic carbocycles. The van der Waals surface area contributed by atoms with Crippen molar-refractivity contribution in [3.05, 3.63) is 70.5 Å². The van der Waals surface area contributed by atoms with Gasteiger partial charge in [-0.15, -0.1) is 0 Å². The van der Waals surface area contributed by atoms with E-state index >= 15 is 4.39 Å². The molecular formula is C25H23FN4O6. The third-order valence-corrected chi connectivity index (χ3v) is 6.56. The molecule has 2 fully saturated rings. The number of benzene rings is 2. The Labute approximate surface area is 205 Å². The molecule has 11 heteroatoms. The number of alkyl carbamates (subject to hydrolysis) is 1. The second-order valence-electron chi connectivity index (χ2n) is 8.93. The molecule has 2 aromatic rings. The fourth-order valence-corrected chi connectivity index (χ4v) is 4.59. The number of likely N-dealkylation sites (tertiary alicyclic amines) is 1. The quantitative estimate of drug-likeness (QED) is 0.605. The van der Waals surface area contributed by atoms with Crippen LogP contribution in [-0.2, 0) is 27.4 Å². The van der Waals surface area contributed by atoms with Gasteiger partial charge in [0.15, 0.2) is 0 Å². The Kier molecular flexibility index (Phi) is 6.13. The molecule has 0 bridgehead atoms. The number of piperidine rings is 1. The first-order chi connectivity index (χ1) is 17.3. The Balaban J connectivity index is 1.14. The normalized spacial score (nSPS) is 19.5. The number of imide groups is 1. The van der Waals surface area contributed by atoms with Gasteiger partial charge in [-0.05, 0) is 24.1 Å². The first kappa shape index (κ1) is 23.5. The number of hydrogen-bond acceptors (Lipinski definition) is 6. The van der Waals surface area contributed by atoms with Crippen molar-refractivity contribution in [1.82, 2.24) is 20.4 Å². The molecule has 36 heavy (non-hydrogen) atoms. The van der Waals surface area contributed by atoms with E-state index in [0.717, 1.165) is 0 Å². The fraction of sp³-hybridized carbons (Fsp3) is 0.320. The zero-order chi connectivity index (χ0) is 25.4. The average molecular weight is 494 g/mol. The monoisotopic (exact) mass is 494 g/mol. The van der Waals surface area contributed by atoms with Crippen molar-refractivity contribution in [3.63, 3.8) is 0 Å². The molecule has 0 radical (unpaired) electrons. The van der Waals surface area contributed by atoms with Crippen LogP contribution in [0, 0.1) is 5.82 Å². The molecule has 2 saturated heterocycles. The number of carbonyl (C=O) groups excluding carboxylic acids is 5. The summed E-state index contributed by atoms with van der Waals surface area (Å²) in [6.07, 6.45) is -0.938. The number of fused-ring (bicyclic) bond motifs is 1. The molecule has 3 aliphatic heterocycles. The maximum absolute atomic E-state index is 15.2. The average Bonchev–Trinajstić information content (AvgIpc) is 3.17. The van der Waals surface area contributed by atoms with Crippen molar-refractivity contribution < 1.29 is 33.1 Å². The van der Waals surface area contributed by atoms with Crippen LogP contribution in [-0.4, -0.2) is 64.8 Å². The molecule has 1 atom stereocenters. The van der Waals surface area contributed by atoms with Gasteiger partial charge >= 0.3 is 6.09 Å². The Bertz CT molecular complexity index is 1260. The van der Waals surface area contributed by atoms with Gasteiger partial charge in [-0.3, -0.25) is 24.5 Å². The van der Waals surface area contributed by atoms with Gasteiger partial charge in [0, 0.05) is 30.6 Å². The smallest absolute Gasteiger partial charge is 0.407 e. The molecule has 0 aromatic heterocycles. The van der Waals surface area contributed by atoms with Crippen LogP contribution >= 0.6 is 0 Å². The highest BCUT2D eigenvalue weighted by atomic mass is 19.1. The van der Waals surface area contributed by atoms with Gasteiger partial charge < -0.3 is 19.9 Å². The Morgan fingerprint density at radius 3 is 2.56 bits per heavy atom. The standard InChI is InChI=1S/C25H23FN4O6/c26-21-15(6-7-16-11-30(24(34)20(16)21)18-8-9-19(31)28-22(18)32)10-27-25(35)36-17-12-29(13-17)23(33)14-4-2-1-3-5-14/h1-7,17-18H,8-13H2,(H,27,35)(H,28,31,32). The van der Waals surface area contributed by atoms with Crippen molar-refractivity contribution in [3.8, 4) is 0 Å². The highest BCUT2D eigenvalue weighted by Crippen LogP contribution is 2.30. The van der Waals surface area contributed by atoms with E-state index in [1.54, 1.807) is 35.2 Å². The lowest BCUT2D eigenvalue weighted by atomic mass is 10.0. The number of hydrogen-bond donors (Lipinski definition) is 2. The number of carbonyl (C=O) groups is 5. The van der Waals surface area contributed by atoms with E-state index < -0.39 is 41.8 Å². The number of nitrogens with one attached hydrogen (secondary N) is 2. The van der Waals surface area contributed by atoms with E-state index in [0.29, 0.717) is 11.1 Å². The molecule has 5 amide bonds. The van der Waals surface area contributed by atoms with Crippen molar-refractivity contribution in [2.45, 2.75) is 38.1 Å². The van der Waals surface area contributed by atoms with Crippen LogP contribution in [0.4, 0.5) is 9.18 Å². The Morgan fingerprint density at radius 2 is 1.83 bits per heavy atom. The number of ether oxygens (including phenoxy) is 1. The van der Waals surface area contributed by atoms with Crippen molar-refractivity contribution in [1.29, 1.82) is 0 Å². The van der Waals surface area contributed by atoms with Crippen molar-refractivity contribution >= 4 is 29.7 Å². The predicted octanol–water partition coefficient (Wildman–Crippen LogP) is 1.34. The lowest BCUT2D eigenvalue weighted by Gasteiger charge is -2.38. The minimum absolute atomic E-state index is 0.0625. The minimum atomic E-state index is -0.839. The molecule has 3 aliphatic rings. The van der Waals surface area contributed by atoms with Crippen LogP contribution in [0.25, 0.3) is 0 Å². The maximum Gasteiger partial charge on any atom is 0.407 e. The van der Waals surface area contributed by atoms with Gasteiger partial charge in [0.2, 0.25) is 11.8 Å². The van der Waals surface area contributed by atoms with E-state index in [1.165, 1.54) is 11.0 Å². The van der Waals surface area contributed by atoms with Gasteiger partial charge in [-0.2, -0.15) is 0 Å². The first-order valence-electron chi connectivity index (χ1n) is 11.6. The minimum Gasteiger partial charge on any atom is -0.442 e. The topological polar surface area (TPSA) is 125 Å². The summed E-state index contributed by atoms with van der Waals surface area (Å²) in [5, 5.41) is 4.68. The lowest BCUT2D eigenvalue weighted by Crippen LogP contribution is -2.56. The van der Waals surface area contributed by atoms with Crippen molar-refractivity contribution in [2.75, 3.05) is 13.1 Å². The molecule has 1 unspecified atom stereocenters. The van der Waals surface area contributed by atoms with E-state index in [4.69, 9.17) is 4.74 Å². The lowest BCUT2D eigenvalue weighted by molar-refractivity contribution is -0.136. The van der Waals surface area contributed by atoms with Crippen LogP contribution < -0.4 is 10.6 Å². The highest BCUT2D eigenvalue weighted by Gasteiger charge is 2.41. The molecule has 0 aliphatic carbocycles. The van der Waals surface area contributed by atoms with Crippen LogP contribution in [0.3, 0.4) is 0 Å². The number of rotatable bonds is 5. The largest absolute Gasteiger partial charge is 0.442 e. The van der Waals surface area contributed by atoms with E-state index in [2.05, 4.69) is 10.6 Å². The van der Waals surface area contributed by atoms with Gasteiger partial charge in [-0.25, -0.2) is 9.18 Å². The molecule has 10 nitrogen and oxygen atoms in total. The Hall–Kier alpha value is -4.28. The molecule has 5 rings (SSSR count). The summed E-state index contributed by atoms with van der Waals surface area (Å²) in [7, 11) is 0. The molecule has 0 spiro atoms. The third kappa shape index (κ3) is 4.39. The van der Waals surface area contributed by atoms with E-state index in [9.17, 15) is 24.0 Å². The second-order valence-corrected chi connectivity index (χ2v) is 8.93. The molecular weight excluding hydrogens is 471 g/mol. The Morgan fingerprint density at radius 1 is 1.08 bits per heavy atom. The molecule has 186 valence electrons. The number of halogens is 1. The van der Waals surface area contributed by atoms with Gasteiger partial charge in [0.05, 0.1) is 18.7 Å². The van der Waals surface area contributed by atoms with E-state index in [1.807, 2.05) is 6.07 Å². The third-order valence-electron chi connectivity index (χ3n) is 6.56. The molecule has 2 N–H and O–H groups in total. The fourth-order valence-electron chi connectivity index (χ4n) is 4.59. The van der Waals surface area contributed by atoms with Crippen LogP contribution in [0.1, 0.15) is 44.7 Å². The summed E-state index contributed by atoms with van der Waals surface area (Å²) in [5.41, 5.74) is 0.949. The zero-order valence-corrected chi connectivity index (χ0v) is 19.2. The summed E-state index contributed by atoms with van der Waals surface area (Å²) in [5.74, 6) is -2.51. The van der Waals surface area contributed by atoms with Crippen LogP contribution in [0.2, 0.25) is 0 Å². The summed E-state index contributed by atoms with van der Waals surface area (Å²) < 4.78 is 20.5. The molecule has 3 heterocycles. The van der Waals surface area contributed by atoms with Gasteiger partial charge in [0.1, 0.15) is 18.0 Å². The predicted molar refractivity (Wildman–Crippen MR) is 122 cm³/mol. The second kappa shape index (κ2) is 9.40. The number of nitrogens with zero attached hydrogens (tertiary/aromatic N) is 2. The maximum atomic E-state index is 15.2. The van der Waals surface area contributed by atoms with Gasteiger partial charge in [0.25, 0.3) is 11.8 Å².